The van der Waals surface area contributed by atoms with Crippen LogP contribution in [0.5, 0.6) is 0 Å². The Morgan fingerprint density at radius 1 is 1.15 bits per heavy atom. The molecule has 1 fully saturated rings. The molecule has 0 amide bonds. The van der Waals surface area contributed by atoms with E-state index < -0.39 is 0 Å². The molecule has 3 rings (SSSR count). The van der Waals surface area contributed by atoms with Crippen LogP contribution >= 0.6 is 0 Å². The van der Waals surface area contributed by atoms with Crippen LogP contribution in [0.1, 0.15) is 43.7 Å². The van der Waals surface area contributed by atoms with E-state index in [-0.39, 0.29) is 11.9 Å². The van der Waals surface area contributed by atoms with Crippen LogP contribution in [0.2, 0.25) is 0 Å². The number of nitrogens with one attached hydrogen (secondary N) is 1. The highest BCUT2D eigenvalue weighted by molar-refractivity contribution is 5.23. The third-order valence-electron chi connectivity index (χ3n) is 4.04. The summed E-state index contributed by atoms with van der Waals surface area (Å²) in [5, 5.41) is 4.11. The van der Waals surface area contributed by atoms with E-state index in [2.05, 4.69) is 15.5 Å². The Bertz CT molecular complexity index is 517. The third-order valence-corrected chi connectivity index (χ3v) is 4.04. The van der Waals surface area contributed by atoms with Crippen molar-refractivity contribution in [2.45, 2.75) is 38.1 Å². The van der Waals surface area contributed by atoms with E-state index in [1.807, 2.05) is 12.1 Å². The molecule has 106 valence electrons. The molecule has 20 heavy (non-hydrogen) atoms. The summed E-state index contributed by atoms with van der Waals surface area (Å²) in [6.45, 7) is 0. The van der Waals surface area contributed by atoms with Gasteiger partial charge in [0, 0.05) is 0 Å². The lowest BCUT2D eigenvalue weighted by Gasteiger charge is -2.31. The fraction of sp³-hybridized carbons (Fsp3) is 0.467. The first kappa shape index (κ1) is 13.1. The molecule has 2 aromatic rings. The summed E-state index contributed by atoms with van der Waals surface area (Å²) in [5.41, 5.74) is 4.49. The Hall–Kier alpha value is -1.91. The van der Waals surface area contributed by atoms with Crippen LogP contribution in [0.25, 0.3) is 0 Å². The second kappa shape index (κ2) is 6.03. The van der Waals surface area contributed by atoms with Crippen LogP contribution in [0.3, 0.4) is 0 Å². The molecule has 0 aliphatic heterocycles. The average molecular weight is 274 g/mol. The molecule has 0 bridgehead atoms. The summed E-state index contributed by atoms with van der Waals surface area (Å²) >= 11 is 0. The number of aromatic nitrogens is 3. The Kier molecular flexibility index (Phi) is 3.95. The van der Waals surface area contributed by atoms with Gasteiger partial charge in [0.1, 0.15) is 18.5 Å². The third kappa shape index (κ3) is 2.98. The standard InChI is InChI=1S/C15H19FN4/c16-14-8-6-13(7-9-14)15(12-4-2-1-3-5-12)19-20-11-17-10-18-20/h6-12,15,19H,1-5H2. The Morgan fingerprint density at radius 3 is 2.55 bits per heavy atom. The van der Waals surface area contributed by atoms with Gasteiger partial charge in [-0.1, -0.05) is 31.4 Å². The molecular formula is C15H19FN4. The molecular weight excluding hydrogens is 255 g/mol. The van der Waals surface area contributed by atoms with Gasteiger partial charge in [0.2, 0.25) is 0 Å². The first-order valence-corrected chi connectivity index (χ1v) is 7.19. The molecule has 1 atom stereocenters. The Morgan fingerprint density at radius 2 is 1.90 bits per heavy atom. The van der Waals surface area contributed by atoms with Gasteiger partial charge in [-0.2, -0.15) is 4.79 Å². The van der Waals surface area contributed by atoms with E-state index >= 15 is 0 Å². The summed E-state index contributed by atoms with van der Waals surface area (Å²) in [6.07, 6.45) is 9.40. The SMILES string of the molecule is Fc1ccc(C(Nn2cncn2)C2CCCCC2)cc1. The van der Waals surface area contributed by atoms with E-state index in [1.165, 1.54) is 50.6 Å². The quantitative estimate of drug-likeness (QED) is 0.930. The van der Waals surface area contributed by atoms with Gasteiger partial charge in [-0.05, 0) is 36.5 Å². The Balaban J connectivity index is 1.83. The van der Waals surface area contributed by atoms with E-state index in [0.29, 0.717) is 5.92 Å². The van der Waals surface area contributed by atoms with Crippen LogP contribution in [0, 0.1) is 11.7 Å². The van der Waals surface area contributed by atoms with E-state index in [4.69, 9.17) is 0 Å². The van der Waals surface area contributed by atoms with Crippen molar-refractivity contribution < 1.29 is 4.39 Å². The molecule has 0 saturated heterocycles. The largest absolute Gasteiger partial charge is 0.301 e. The summed E-state index contributed by atoms with van der Waals surface area (Å²) in [5.74, 6) is 0.357. The van der Waals surface area contributed by atoms with Gasteiger partial charge in [-0.25, -0.2) is 9.37 Å². The van der Waals surface area contributed by atoms with Gasteiger partial charge < -0.3 is 5.43 Å². The molecule has 1 saturated carbocycles. The van der Waals surface area contributed by atoms with Gasteiger partial charge in [-0.3, -0.25) is 0 Å². The molecule has 1 aliphatic carbocycles. The second-order valence-electron chi connectivity index (χ2n) is 5.40. The monoisotopic (exact) mass is 274 g/mol. The topological polar surface area (TPSA) is 42.7 Å². The van der Waals surface area contributed by atoms with Crippen molar-refractivity contribution >= 4 is 0 Å². The zero-order chi connectivity index (χ0) is 13.8. The first-order chi connectivity index (χ1) is 9.83. The molecule has 1 heterocycles. The lowest BCUT2D eigenvalue weighted by atomic mass is 9.81. The highest BCUT2D eigenvalue weighted by Crippen LogP contribution is 2.35. The predicted molar refractivity (Wildman–Crippen MR) is 75.1 cm³/mol. The first-order valence-electron chi connectivity index (χ1n) is 7.19. The summed E-state index contributed by atoms with van der Waals surface area (Å²) in [4.78, 5) is 5.60. The van der Waals surface area contributed by atoms with Gasteiger partial charge in [0.25, 0.3) is 0 Å². The van der Waals surface area contributed by atoms with Crippen LogP contribution in [-0.2, 0) is 0 Å². The molecule has 1 N–H and O–H groups in total. The smallest absolute Gasteiger partial charge is 0.139 e. The summed E-state index contributed by atoms with van der Waals surface area (Å²) < 4.78 is 13.1. The van der Waals surface area contributed by atoms with Gasteiger partial charge in [-0.15, -0.1) is 5.10 Å². The lowest BCUT2D eigenvalue weighted by Crippen LogP contribution is -2.29. The van der Waals surface area contributed by atoms with E-state index in [9.17, 15) is 4.39 Å². The minimum Gasteiger partial charge on any atom is -0.301 e. The predicted octanol–water partition coefficient (Wildman–Crippen LogP) is 3.28. The van der Waals surface area contributed by atoms with E-state index in [1.54, 1.807) is 11.1 Å². The van der Waals surface area contributed by atoms with Crippen LogP contribution < -0.4 is 5.43 Å². The lowest BCUT2D eigenvalue weighted by molar-refractivity contribution is 0.306. The molecule has 1 aliphatic rings. The molecule has 0 radical (unpaired) electrons. The molecule has 1 aromatic carbocycles. The van der Waals surface area contributed by atoms with Crippen LogP contribution in [-0.4, -0.2) is 14.9 Å². The summed E-state index contributed by atoms with van der Waals surface area (Å²) in [7, 11) is 0. The van der Waals surface area contributed by atoms with Crippen molar-refractivity contribution in [3.63, 3.8) is 0 Å². The highest BCUT2D eigenvalue weighted by Gasteiger charge is 2.25. The molecule has 5 heteroatoms. The normalized spacial score (nSPS) is 17.9. The van der Waals surface area contributed by atoms with Crippen molar-refractivity contribution in [3.8, 4) is 0 Å². The molecule has 1 aromatic heterocycles. The highest BCUT2D eigenvalue weighted by atomic mass is 19.1. The number of rotatable bonds is 4. The van der Waals surface area contributed by atoms with Gasteiger partial charge >= 0.3 is 0 Å². The van der Waals surface area contributed by atoms with Crippen LogP contribution in [0.15, 0.2) is 36.9 Å². The number of nitrogens with zero attached hydrogens (tertiary/aromatic N) is 3. The van der Waals surface area contributed by atoms with Crippen molar-refractivity contribution in [2.24, 2.45) is 5.92 Å². The van der Waals surface area contributed by atoms with E-state index in [0.717, 1.165) is 5.56 Å². The molecule has 0 spiro atoms. The van der Waals surface area contributed by atoms with Crippen molar-refractivity contribution in [2.75, 3.05) is 5.43 Å². The number of benzene rings is 1. The zero-order valence-electron chi connectivity index (χ0n) is 11.4. The zero-order valence-corrected chi connectivity index (χ0v) is 11.4. The minimum absolute atomic E-state index is 0.151. The number of hydrogen-bond acceptors (Lipinski definition) is 3. The number of halogens is 1. The fourth-order valence-electron chi connectivity index (χ4n) is 3.01. The van der Waals surface area contributed by atoms with Crippen molar-refractivity contribution in [1.29, 1.82) is 0 Å². The maximum Gasteiger partial charge on any atom is 0.139 e. The summed E-state index contributed by atoms with van der Waals surface area (Å²) in [6, 6.07) is 6.91. The van der Waals surface area contributed by atoms with Crippen LogP contribution in [0.4, 0.5) is 4.39 Å². The number of hydrogen-bond donors (Lipinski definition) is 1. The molecule has 4 nitrogen and oxygen atoms in total. The van der Waals surface area contributed by atoms with Crippen molar-refractivity contribution in [3.05, 3.63) is 48.3 Å². The van der Waals surface area contributed by atoms with Gasteiger partial charge in [0.15, 0.2) is 0 Å². The average Bonchev–Trinajstić information content (AvgIpc) is 3.00. The molecule has 1 unspecified atom stereocenters. The minimum atomic E-state index is -0.197. The maximum atomic E-state index is 13.1. The Labute approximate surface area is 118 Å². The fourth-order valence-corrected chi connectivity index (χ4v) is 3.01. The second-order valence-corrected chi connectivity index (χ2v) is 5.40. The maximum absolute atomic E-state index is 13.1. The van der Waals surface area contributed by atoms with Crippen molar-refractivity contribution in [1.82, 2.24) is 14.9 Å². The van der Waals surface area contributed by atoms with Gasteiger partial charge in [0.05, 0.1) is 6.04 Å².